The van der Waals surface area contributed by atoms with E-state index in [2.05, 4.69) is 95.1 Å². The first-order valence-corrected chi connectivity index (χ1v) is 9.43. The topological polar surface area (TPSA) is 15.3 Å². The third-order valence-electron chi connectivity index (χ3n) is 6.17. The van der Waals surface area contributed by atoms with Crippen LogP contribution in [0.25, 0.3) is 22.3 Å². The van der Waals surface area contributed by atoms with Crippen LogP contribution >= 0.6 is 0 Å². The van der Waals surface area contributed by atoms with Crippen molar-refractivity contribution in [1.29, 1.82) is 0 Å². The maximum absolute atomic E-state index is 3.69. The summed E-state index contributed by atoms with van der Waals surface area (Å²) in [6.45, 7) is 0.210. The molecule has 0 atom stereocenters. The molecule has 124 valence electrons. The van der Waals surface area contributed by atoms with Gasteiger partial charge in [0.25, 0.3) is 0 Å². The fourth-order valence-corrected chi connectivity index (χ4v) is 5.16. The lowest BCUT2D eigenvalue weighted by Gasteiger charge is -2.47. The number of para-hydroxylation sites is 2. The van der Waals surface area contributed by atoms with Gasteiger partial charge in [-0.1, -0.05) is 72.8 Å². The molecular formula is C24H15BN2. The molecule has 2 nitrogen and oxygen atoms in total. The van der Waals surface area contributed by atoms with Crippen molar-refractivity contribution in [2.45, 2.75) is 0 Å². The Morgan fingerprint density at radius 1 is 0.519 bits per heavy atom. The number of fused-ring (bicyclic) bond motifs is 6. The molecule has 1 N–H and O–H groups in total. The third-order valence-corrected chi connectivity index (χ3v) is 6.17. The fourth-order valence-electron chi connectivity index (χ4n) is 5.16. The molecule has 4 aromatic rings. The lowest BCUT2D eigenvalue weighted by Crippen LogP contribution is -2.60. The van der Waals surface area contributed by atoms with Crippen LogP contribution in [0.15, 0.2) is 84.9 Å². The summed E-state index contributed by atoms with van der Waals surface area (Å²) in [4.78, 5) is 2.57. The standard InChI is InChI=1S/C24H15BN2/c1-3-11-19-15(7-1)17-9-5-13-21-23(17)27-24-18(10-6-14-22(24)26-21)16-8-2-4-12-20(16)25(19)27/h1-14,26H. The van der Waals surface area contributed by atoms with Crippen LogP contribution in [0.3, 0.4) is 0 Å². The van der Waals surface area contributed by atoms with Crippen LogP contribution in [0.2, 0.25) is 0 Å². The van der Waals surface area contributed by atoms with Crippen molar-refractivity contribution in [1.82, 2.24) is 0 Å². The summed E-state index contributed by atoms with van der Waals surface area (Å²) in [6, 6.07) is 31.0. The van der Waals surface area contributed by atoms with Gasteiger partial charge in [0, 0.05) is 11.1 Å². The monoisotopic (exact) mass is 342 g/mol. The highest BCUT2D eigenvalue weighted by atomic mass is 15.2. The highest BCUT2D eigenvalue weighted by molar-refractivity contribution is 6.92. The molecule has 7 rings (SSSR count). The summed E-state index contributed by atoms with van der Waals surface area (Å²) in [5.74, 6) is 0. The van der Waals surface area contributed by atoms with Gasteiger partial charge in [-0.05, 0) is 34.2 Å². The van der Waals surface area contributed by atoms with E-state index >= 15 is 0 Å². The van der Waals surface area contributed by atoms with Crippen molar-refractivity contribution < 1.29 is 0 Å². The molecule has 0 amide bonds. The second-order valence-electron chi connectivity index (χ2n) is 7.48. The van der Waals surface area contributed by atoms with Crippen molar-refractivity contribution >= 4 is 40.5 Å². The van der Waals surface area contributed by atoms with E-state index in [0.717, 1.165) is 0 Å². The first-order valence-electron chi connectivity index (χ1n) is 9.43. The SMILES string of the molecule is c1ccc2c(c1)B1c3ccccc3-c3cccc4c3N1c1c(cccc1-2)N4. The third kappa shape index (κ3) is 1.54. The van der Waals surface area contributed by atoms with Gasteiger partial charge in [-0.25, -0.2) is 0 Å². The van der Waals surface area contributed by atoms with Crippen molar-refractivity contribution in [3.63, 3.8) is 0 Å². The van der Waals surface area contributed by atoms with Crippen LogP contribution in [0.1, 0.15) is 0 Å². The largest absolute Gasteiger partial charge is 0.373 e. The molecule has 0 saturated carbocycles. The van der Waals surface area contributed by atoms with E-state index in [1.54, 1.807) is 0 Å². The summed E-state index contributed by atoms with van der Waals surface area (Å²) in [7, 11) is 0. The van der Waals surface area contributed by atoms with E-state index in [-0.39, 0.29) is 6.85 Å². The Hall–Kier alpha value is -3.46. The second-order valence-corrected chi connectivity index (χ2v) is 7.48. The first-order chi connectivity index (χ1) is 13.4. The zero-order valence-electron chi connectivity index (χ0n) is 14.6. The number of nitrogens with one attached hydrogen (secondary N) is 1. The maximum atomic E-state index is 3.69. The molecule has 0 bridgehead atoms. The molecule has 3 heterocycles. The molecule has 0 saturated heterocycles. The predicted molar refractivity (Wildman–Crippen MR) is 114 cm³/mol. The van der Waals surface area contributed by atoms with Crippen LogP contribution in [0.5, 0.6) is 0 Å². The molecule has 3 heteroatoms. The molecule has 0 unspecified atom stereocenters. The number of hydrogen-bond donors (Lipinski definition) is 1. The zero-order chi connectivity index (χ0) is 17.5. The molecule has 0 fully saturated rings. The van der Waals surface area contributed by atoms with Crippen molar-refractivity contribution in [3.8, 4) is 22.3 Å². The summed E-state index contributed by atoms with van der Waals surface area (Å²) < 4.78 is 0. The minimum atomic E-state index is 0.210. The lowest BCUT2D eigenvalue weighted by atomic mass is 9.43. The molecule has 3 aliphatic heterocycles. The fraction of sp³-hybridized carbons (Fsp3) is 0. The lowest BCUT2D eigenvalue weighted by molar-refractivity contribution is 1.31. The summed E-state index contributed by atoms with van der Waals surface area (Å²) in [5, 5.41) is 3.69. The number of benzene rings is 4. The summed E-state index contributed by atoms with van der Waals surface area (Å²) >= 11 is 0. The van der Waals surface area contributed by atoms with E-state index in [1.807, 2.05) is 0 Å². The van der Waals surface area contributed by atoms with Gasteiger partial charge in [-0.2, -0.15) is 0 Å². The highest BCUT2D eigenvalue weighted by Crippen LogP contribution is 2.54. The Morgan fingerprint density at radius 3 is 1.56 bits per heavy atom. The number of anilines is 4. The molecule has 0 radical (unpaired) electrons. The summed E-state index contributed by atoms with van der Waals surface area (Å²) in [5.41, 5.74) is 13.1. The maximum Gasteiger partial charge on any atom is 0.329 e. The number of hydrogen-bond acceptors (Lipinski definition) is 2. The van der Waals surface area contributed by atoms with Crippen LogP contribution in [-0.2, 0) is 0 Å². The van der Waals surface area contributed by atoms with E-state index < -0.39 is 0 Å². The first kappa shape index (κ1) is 13.7. The minimum absolute atomic E-state index is 0.210. The van der Waals surface area contributed by atoms with E-state index in [0.29, 0.717) is 0 Å². The van der Waals surface area contributed by atoms with E-state index in [9.17, 15) is 0 Å². The van der Waals surface area contributed by atoms with Crippen LogP contribution < -0.4 is 21.1 Å². The van der Waals surface area contributed by atoms with Gasteiger partial charge in [0.2, 0.25) is 0 Å². The molecule has 0 spiro atoms. The Balaban J connectivity index is 1.70. The molecule has 27 heavy (non-hydrogen) atoms. The minimum Gasteiger partial charge on any atom is -0.373 e. The Labute approximate surface area is 158 Å². The average molecular weight is 342 g/mol. The van der Waals surface area contributed by atoms with Gasteiger partial charge in [0.1, 0.15) is 0 Å². The van der Waals surface area contributed by atoms with Crippen molar-refractivity contribution in [2.75, 3.05) is 10.1 Å². The molecule has 0 aromatic heterocycles. The molecular weight excluding hydrogens is 327 g/mol. The van der Waals surface area contributed by atoms with Gasteiger partial charge in [0.05, 0.1) is 22.7 Å². The van der Waals surface area contributed by atoms with Gasteiger partial charge >= 0.3 is 6.85 Å². The van der Waals surface area contributed by atoms with Crippen LogP contribution in [0, 0.1) is 0 Å². The van der Waals surface area contributed by atoms with E-state index in [1.165, 1.54) is 55.9 Å². The normalized spacial score (nSPS) is 14.1. The Morgan fingerprint density at radius 2 is 1.00 bits per heavy atom. The predicted octanol–water partition coefficient (Wildman–Crippen LogP) is 4.65. The van der Waals surface area contributed by atoms with Crippen molar-refractivity contribution in [3.05, 3.63) is 84.9 Å². The number of rotatable bonds is 0. The zero-order valence-corrected chi connectivity index (χ0v) is 14.6. The molecule has 3 aliphatic rings. The van der Waals surface area contributed by atoms with Crippen molar-refractivity contribution in [2.24, 2.45) is 0 Å². The van der Waals surface area contributed by atoms with E-state index in [4.69, 9.17) is 0 Å². The molecule has 4 aromatic carbocycles. The van der Waals surface area contributed by atoms with Gasteiger partial charge in [-0.15, -0.1) is 0 Å². The van der Waals surface area contributed by atoms with Gasteiger partial charge in [0.15, 0.2) is 0 Å². The van der Waals surface area contributed by atoms with Crippen LogP contribution in [-0.4, -0.2) is 6.85 Å². The average Bonchev–Trinajstić information content (AvgIpc) is 2.74. The number of nitrogens with zero attached hydrogens (tertiary/aromatic N) is 1. The van der Waals surface area contributed by atoms with Crippen LogP contribution in [0.4, 0.5) is 22.7 Å². The molecule has 0 aliphatic carbocycles. The van der Waals surface area contributed by atoms with Gasteiger partial charge < -0.3 is 10.1 Å². The quantitative estimate of drug-likeness (QED) is 0.468. The van der Waals surface area contributed by atoms with Gasteiger partial charge in [-0.3, -0.25) is 0 Å². The second kappa shape index (κ2) is 4.63. The Kier molecular flexibility index (Phi) is 2.35. The highest BCUT2D eigenvalue weighted by Gasteiger charge is 2.45. The smallest absolute Gasteiger partial charge is 0.329 e. The Bertz CT molecular complexity index is 1180. The summed E-state index contributed by atoms with van der Waals surface area (Å²) in [6.07, 6.45) is 0.